The number of nitrogens with zero attached hydrogens (tertiary/aromatic N) is 4. The smallest absolute Gasteiger partial charge is 0.237 e. The van der Waals surface area contributed by atoms with Gasteiger partial charge in [0.05, 0.1) is 18.4 Å². The van der Waals surface area contributed by atoms with Crippen LogP contribution in [0.2, 0.25) is 5.02 Å². The predicted octanol–water partition coefficient (Wildman–Crippen LogP) is 4.11. The van der Waals surface area contributed by atoms with E-state index in [1.54, 1.807) is 12.4 Å². The van der Waals surface area contributed by atoms with Crippen LogP contribution in [0.3, 0.4) is 0 Å². The monoisotopic (exact) mass is 424 g/mol. The van der Waals surface area contributed by atoms with Gasteiger partial charge < -0.3 is 9.32 Å². The Hall–Kier alpha value is -2.70. The lowest BCUT2D eigenvalue weighted by Crippen LogP contribution is -2.38. The summed E-state index contributed by atoms with van der Waals surface area (Å²) in [4.78, 5) is 25.6. The van der Waals surface area contributed by atoms with E-state index in [0.717, 1.165) is 36.4 Å². The van der Waals surface area contributed by atoms with Crippen molar-refractivity contribution >= 4 is 17.5 Å². The number of hydrogen-bond donors (Lipinski definition) is 0. The molecule has 2 aromatic heterocycles. The predicted molar refractivity (Wildman–Crippen MR) is 115 cm³/mol. The van der Waals surface area contributed by atoms with Gasteiger partial charge in [0.25, 0.3) is 0 Å². The highest BCUT2D eigenvalue weighted by molar-refractivity contribution is 6.30. The summed E-state index contributed by atoms with van der Waals surface area (Å²) in [5.41, 5.74) is 2.06. The Bertz CT molecular complexity index is 974. The number of carbonyl (C=O) groups excluding carboxylic acids is 1. The zero-order valence-electron chi connectivity index (χ0n) is 17.0. The number of carbonyl (C=O) groups is 1. The third-order valence-corrected chi connectivity index (χ3v) is 5.54. The summed E-state index contributed by atoms with van der Waals surface area (Å²) in [7, 11) is 1.94. The van der Waals surface area contributed by atoms with Crippen molar-refractivity contribution in [1.29, 1.82) is 0 Å². The molecule has 0 spiro atoms. The second-order valence-electron chi connectivity index (χ2n) is 7.71. The molecule has 0 bridgehead atoms. The van der Waals surface area contributed by atoms with E-state index < -0.39 is 0 Å². The molecule has 1 aromatic carbocycles. The Labute approximate surface area is 181 Å². The van der Waals surface area contributed by atoms with Gasteiger partial charge in [-0.15, -0.1) is 0 Å². The van der Waals surface area contributed by atoms with Crippen LogP contribution in [0.15, 0.2) is 59.3 Å². The number of amides is 1. The van der Waals surface area contributed by atoms with E-state index in [-0.39, 0.29) is 11.9 Å². The summed E-state index contributed by atoms with van der Waals surface area (Å²) < 4.78 is 6.02. The number of oxazole rings is 1. The Morgan fingerprint density at radius 1 is 1.23 bits per heavy atom. The van der Waals surface area contributed by atoms with Crippen molar-refractivity contribution in [1.82, 2.24) is 19.8 Å². The Morgan fingerprint density at radius 2 is 2.07 bits per heavy atom. The zero-order chi connectivity index (χ0) is 20.9. The molecule has 7 heteroatoms. The maximum Gasteiger partial charge on any atom is 0.237 e. The van der Waals surface area contributed by atoms with E-state index >= 15 is 0 Å². The van der Waals surface area contributed by atoms with Crippen molar-refractivity contribution in [3.8, 4) is 0 Å². The van der Waals surface area contributed by atoms with Crippen LogP contribution in [-0.2, 0) is 17.8 Å². The average Bonchev–Trinajstić information content (AvgIpc) is 3.40. The molecule has 3 aromatic rings. The molecular formula is C23H25ClN4O2. The van der Waals surface area contributed by atoms with Gasteiger partial charge in [-0.3, -0.25) is 14.7 Å². The van der Waals surface area contributed by atoms with E-state index in [4.69, 9.17) is 16.0 Å². The fourth-order valence-electron chi connectivity index (χ4n) is 3.83. The van der Waals surface area contributed by atoms with Crippen molar-refractivity contribution < 1.29 is 9.21 Å². The molecule has 1 saturated heterocycles. The number of hydrogen-bond acceptors (Lipinski definition) is 5. The standard InChI is InChI=1S/C23H25ClN4O2/c1-27(15-19-5-2-3-11-25-19)16-22(29)28-12-4-6-21(28)23-26-14-20(30-23)13-17-7-9-18(24)10-8-17/h2-3,5,7-11,14,21H,4,6,12-13,15-16H2,1H3/t21-/m0/s1. The van der Waals surface area contributed by atoms with Gasteiger partial charge in [-0.25, -0.2) is 4.98 Å². The van der Waals surface area contributed by atoms with E-state index in [1.807, 2.05) is 59.3 Å². The molecule has 4 rings (SSSR count). The fraction of sp³-hybridized carbons (Fsp3) is 0.348. The van der Waals surface area contributed by atoms with Crippen LogP contribution >= 0.6 is 11.6 Å². The van der Waals surface area contributed by atoms with E-state index in [2.05, 4.69) is 9.97 Å². The van der Waals surface area contributed by atoms with Gasteiger partial charge in [-0.05, 0) is 49.7 Å². The largest absolute Gasteiger partial charge is 0.443 e. The molecule has 1 atom stereocenters. The molecule has 1 aliphatic heterocycles. The second-order valence-corrected chi connectivity index (χ2v) is 8.14. The normalized spacial score (nSPS) is 16.4. The first-order valence-electron chi connectivity index (χ1n) is 10.2. The number of likely N-dealkylation sites (tertiary alicyclic amines) is 1. The summed E-state index contributed by atoms with van der Waals surface area (Å²) in [5, 5.41) is 0.713. The maximum absolute atomic E-state index is 12.9. The SMILES string of the molecule is CN(CC(=O)N1CCC[C@H]1c1ncc(Cc2ccc(Cl)cc2)o1)Cc1ccccn1. The second kappa shape index (κ2) is 9.41. The van der Waals surface area contributed by atoms with Crippen molar-refractivity contribution in [2.45, 2.75) is 31.8 Å². The molecule has 0 radical (unpaired) electrons. The van der Waals surface area contributed by atoms with Crippen LogP contribution in [0.1, 0.15) is 41.8 Å². The molecule has 30 heavy (non-hydrogen) atoms. The van der Waals surface area contributed by atoms with Gasteiger partial charge in [0.2, 0.25) is 11.8 Å². The van der Waals surface area contributed by atoms with Gasteiger partial charge in [-0.2, -0.15) is 0 Å². The molecule has 0 saturated carbocycles. The van der Waals surface area contributed by atoms with E-state index in [1.165, 1.54) is 0 Å². The van der Waals surface area contributed by atoms with E-state index in [9.17, 15) is 4.79 Å². The van der Waals surface area contributed by atoms with Gasteiger partial charge >= 0.3 is 0 Å². The molecule has 0 unspecified atom stereocenters. The van der Waals surface area contributed by atoms with Gasteiger partial charge in [-0.1, -0.05) is 29.8 Å². The van der Waals surface area contributed by atoms with E-state index in [0.29, 0.717) is 30.4 Å². The van der Waals surface area contributed by atoms with Crippen LogP contribution in [0, 0.1) is 0 Å². The van der Waals surface area contributed by atoms with Crippen molar-refractivity contribution in [2.75, 3.05) is 20.1 Å². The summed E-state index contributed by atoms with van der Waals surface area (Å²) in [6.45, 7) is 1.70. The van der Waals surface area contributed by atoms with Crippen LogP contribution < -0.4 is 0 Å². The zero-order valence-corrected chi connectivity index (χ0v) is 17.8. The van der Waals surface area contributed by atoms with Crippen molar-refractivity contribution in [3.05, 3.63) is 82.8 Å². The maximum atomic E-state index is 12.9. The Balaban J connectivity index is 1.37. The van der Waals surface area contributed by atoms with Crippen LogP contribution in [0.4, 0.5) is 0 Å². The molecule has 3 heterocycles. The number of benzene rings is 1. The van der Waals surface area contributed by atoms with Crippen molar-refractivity contribution in [2.24, 2.45) is 0 Å². The quantitative estimate of drug-likeness (QED) is 0.571. The molecule has 0 aliphatic carbocycles. The Kier molecular flexibility index (Phi) is 6.45. The molecule has 6 nitrogen and oxygen atoms in total. The molecule has 0 N–H and O–H groups in total. The number of rotatable bonds is 7. The van der Waals surface area contributed by atoms with Gasteiger partial charge in [0, 0.05) is 30.7 Å². The summed E-state index contributed by atoms with van der Waals surface area (Å²) in [6.07, 6.45) is 6.01. The minimum Gasteiger partial charge on any atom is -0.443 e. The highest BCUT2D eigenvalue weighted by atomic mass is 35.5. The lowest BCUT2D eigenvalue weighted by atomic mass is 10.1. The third-order valence-electron chi connectivity index (χ3n) is 5.28. The molecule has 1 amide bonds. The molecular weight excluding hydrogens is 400 g/mol. The topological polar surface area (TPSA) is 62.5 Å². The summed E-state index contributed by atoms with van der Waals surface area (Å²) in [5.74, 6) is 1.50. The first-order chi connectivity index (χ1) is 14.6. The van der Waals surface area contributed by atoms with Crippen molar-refractivity contribution in [3.63, 3.8) is 0 Å². The molecule has 156 valence electrons. The molecule has 1 fully saturated rings. The lowest BCUT2D eigenvalue weighted by Gasteiger charge is -2.25. The third kappa shape index (κ3) is 5.07. The highest BCUT2D eigenvalue weighted by Gasteiger charge is 2.33. The number of halogens is 1. The van der Waals surface area contributed by atoms with Gasteiger partial charge in [0.1, 0.15) is 11.8 Å². The van der Waals surface area contributed by atoms with Crippen LogP contribution in [0.25, 0.3) is 0 Å². The van der Waals surface area contributed by atoms with Crippen LogP contribution in [0.5, 0.6) is 0 Å². The summed E-state index contributed by atoms with van der Waals surface area (Å²) >= 11 is 5.95. The fourth-order valence-corrected chi connectivity index (χ4v) is 3.96. The highest BCUT2D eigenvalue weighted by Crippen LogP contribution is 2.32. The number of pyridine rings is 1. The molecule has 1 aliphatic rings. The number of likely N-dealkylation sites (N-methyl/N-ethyl adjacent to an activating group) is 1. The minimum absolute atomic E-state index is 0.0911. The first-order valence-corrected chi connectivity index (χ1v) is 10.5. The summed E-state index contributed by atoms with van der Waals surface area (Å²) in [6, 6.07) is 13.4. The lowest BCUT2D eigenvalue weighted by molar-refractivity contribution is -0.133. The average molecular weight is 425 g/mol. The Morgan fingerprint density at radius 3 is 2.83 bits per heavy atom. The van der Waals surface area contributed by atoms with Gasteiger partial charge in [0.15, 0.2) is 0 Å². The number of aromatic nitrogens is 2. The minimum atomic E-state index is -0.0975. The van der Waals surface area contributed by atoms with Crippen LogP contribution in [-0.4, -0.2) is 45.8 Å². The first kappa shape index (κ1) is 20.6.